The lowest BCUT2D eigenvalue weighted by Crippen LogP contribution is -2.46. The molecule has 2 unspecified atom stereocenters. The van der Waals surface area contributed by atoms with E-state index in [1.54, 1.807) is 42.3 Å². The number of guanidine groups is 1. The van der Waals surface area contributed by atoms with Crippen LogP contribution in [0, 0.1) is 6.92 Å². The predicted octanol–water partition coefficient (Wildman–Crippen LogP) is 3.41. The Morgan fingerprint density at radius 1 is 1.14 bits per heavy atom. The molecule has 2 saturated heterocycles. The molecule has 42 heavy (non-hydrogen) atoms. The largest absolute Gasteiger partial charge is 0.494 e. The molecule has 3 aromatic rings. The summed E-state index contributed by atoms with van der Waals surface area (Å²) in [5, 5.41) is 6.79. The van der Waals surface area contributed by atoms with Crippen molar-refractivity contribution in [3.05, 3.63) is 60.2 Å². The van der Waals surface area contributed by atoms with Gasteiger partial charge in [-0.1, -0.05) is 18.6 Å². The third-order valence-electron chi connectivity index (χ3n) is 6.94. The number of nitrogens with one attached hydrogen (secondary N) is 1. The van der Waals surface area contributed by atoms with E-state index in [-0.39, 0.29) is 10.9 Å². The summed E-state index contributed by atoms with van der Waals surface area (Å²) in [6.45, 7) is 2.16. The van der Waals surface area contributed by atoms with Crippen LogP contribution in [0.15, 0.2) is 58.7 Å². The van der Waals surface area contributed by atoms with Crippen molar-refractivity contribution >= 4 is 27.5 Å². The number of rotatable bonds is 6. The third kappa shape index (κ3) is 6.04. The van der Waals surface area contributed by atoms with E-state index in [1.807, 2.05) is 0 Å². The molecule has 12 nitrogen and oxygen atoms in total. The van der Waals surface area contributed by atoms with Crippen molar-refractivity contribution in [1.29, 1.82) is 0 Å². The van der Waals surface area contributed by atoms with Crippen LogP contribution in [0.5, 0.6) is 5.75 Å². The minimum atomic E-state index is -5.25. The smallest absolute Gasteiger partial charge is 0.493 e. The second-order valence-electron chi connectivity index (χ2n) is 9.89. The zero-order valence-corrected chi connectivity index (χ0v) is 23.7. The topological polar surface area (TPSA) is 131 Å². The van der Waals surface area contributed by atoms with E-state index in [4.69, 9.17) is 9.57 Å². The van der Waals surface area contributed by atoms with Crippen molar-refractivity contribution in [2.45, 2.75) is 49.3 Å². The second kappa shape index (κ2) is 11.2. The van der Waals surface area contributed by atoms with Gasteiger partial charge in [-0.2, -0.15) is 28.3 Å². The minimum Gasteiger partial charge on any atom is -0.494 e. The first kappa shape index (κ1) is 29.3. The molecular formula is C26H28F3N7O5S. The van der Waals surface area contributed by atoms with Crippen LogP contribution >= 0.6 is 0 Å². The number of methoxy groups -OCH3 is 1. The molecule has 0 spiro atoms. The van der Waals surface area contributed by atoms with Crippen molar-refractivity contribution in [2.24, 2.45) is 4.99 Å². The maximum Gasteiger partial charge on any atom is 0.493 e. The highest BCUT2D eigenvalue weighted by Crippen LogP contribution is 2.38. The zero-order chi connectivity index (χ0) is 30.2. The molecule has 2 aliphatic heterocycles. The Morgan fingerprint density at radius 2 is 1.88 bits per heavy atom. The number of ether oxygens (including phenoxy) is 1. The number of aromatic nitrogens is 3. The number of benzene rings is 2. The van der Waals surface area contributed by atoms with E-state index < -0.39 is 34.1 Å². The fraction of sp³-hybridized carbons (Fsp3) is 0.385. The van der Waals surface area contributed by atoms with Crippen LogP contribution in [0.1, 0.15) is 36.6 Å². The monoisotopic (exact) mass is 607 g/mol. The summed E-state index contributed by atoms with van der Waals surface area (Å²) in [4.78, 5) is 25.8. The molecule has 0 bridgehead atoms. The first-order chi connectivity index (χ1) is 19.8. The second-order valence-corrected chi connectivity index (χ2v) is 11.9. The van der Waals surface area contributed by atoms with E-state index in [0.717, 1.165) is 17.7 Å². The molecule has 2 atom stereocenters. The number of alkyl halides is 3. The molecule has 2 fully saturated rings. The summed E-state index contributed by atoms with van der Waals surface area (Å²) < 4.78 is 71.1. The minimum absolute atomic E-state index is 0.113. The van der Waals surface area contributed by atoms with E-state index in [1.165, 1.54) is 30.3 Å². The molecule has 0 amide bonds. The fourth-order valence-corrected chi connectivity index (χ4v) is 5.61. The number of carbonyl (C=O) groups is 1. The highest BCUT2D eigenvalue weighted by atomic mass is 32.2. The first-order valence-electron chi connectivity index (χ1n) is 12.9. The van der Waals surface area contributed by atoms with Crippen molar-refractivity contribution in [2.75, 3.05) is 19.9 Å². The Kier molecular flexibility index (Phi) is 7.85. The van der Waals surface area contributed by atoms with Gasteiger partial charge in [0, 0.05) is 24.8 Å². The van der Waals surface area contributed by atoms with Crippen molar-refractivity contribution in [3.8, 4) is 11.4 Å². The molecule has 1 N–H and O–H groups in total. The number of hydrogen-bond acceptors (Lipinski definition) is 9. The van der Waals surface area contributed by atoms with Gasteiger partial charge in [-0.05, 0) is 49.6 Å². The normalized spacial score (nSPS) is 20.6. The van der Waals surface area contributed by atoms with Crippen LogP contribution in [0.4, 0.5) is 18.9 Å². The molecule has 0 radical (unpaired) electrons. The maximum absolute atomic E-state index is 13.4. The van der Waals surface area contributed by atoms with Gasteiger partial charge in [0.1, 0.15) is 29.8 Å². The molecule has 1 aromatic heterocycles. The van der Waals surface area contributed by atoms with Gasteiger partial charge in [-0.15, -0.1) is 0 Å². The summed E-state index contributed by atoms with van der Waals surface area (Å²) in [6, 6.07) is 11.0. The van der Waals surface area contributed by atoms with Crippen LogP contribution in [-0.2, 0) is 19.5 Å². The number of hydrazine groups is 1. The van der Waals surface area contributed by atoms with E-state index >= 15 is 0 Å². The van der Waals surface area contributed by atoms with Gasteiger partial charge in [0.15, 0.2) is 9.84 Å². The number of halogens is 3. The quantitative estimate of drug-likeness (QED) is 0.445. The van der Waals surface area contributed by atoms with Crippen LogP contribution in [0.2, 0.25) is 0 Å². The zero-order valence-electron chi connectivity index (χ0n) is 22.9. The van der Waals surface area contributed by atoms with Gasteiger partial charge < -0.3 is 9.57 Å². The van der Waals surface area contributed by atoms with E-state index in [0.29, 0.717) is 47.9 Å². The van der Waals surface area contributed by atoms with Crippen molar-refractivity contribution < 1.29 is 36.0 Å². The maximum atomic E-state index is 13.4. The molecule has 5 rings (SSSR count). The van der Waals surface area contributed by atoms with Gasteiger partial charge >= 0.3 is 12.1 Å². The number of hydrogen-bond donors (Lipinski definition) is 1. The van der Waals surface area contributed by atoms with Crippen molar-refractivity contribution in [1.82, 2.24) is 30.3 Å². The number of aliphatic imine (C=N–C) groups is 1. The summed E-state index contributed by atoms with van der Waals surface area (Å²) in [7, 11) is -2.00. The number of nitrogens with zero attached hydrogens (tertiary/aromatic N) is 6. The molecule has 16 heteroatoms. The van der Waals surface area contributed by atoms with Gasteiger partial charge in [0.25, 0.3) is 0 Å². The van der Waals surface area contributed by atoms with Crippen LogP contribution in [0.3, 0.4) is 0 Å². The first-order valence-corrected chi connectivity index (χ1v) is 14.8. The van der Waals surface area contributed by atoms with Crippen LogP contribution in [0.25, 0.3) is 5.69 Å². The van der Waals surface area contributed by atoms with Gasteiger partial charge in [-0.25, -0.2) is 27.9 Å². The molecule has 2 aromatic carbocycles. The summed E-state index contributed by atoms with van der Waals surface area (Å²) in [6.07, 6.45) is -1.58. The molecule has 2 aliphatic rings. The standard InChI is InChI=1S/C26H28F3N7O5S/c1-16-30-15-35(32-16)21-12-9-18(14-22(21)40-2)31-25-33-34-13-5-4-6-20(17-7-10-19(11-8-17)42(3,38)39)23(34)36(25)41-24(37)26(27,28)29/h7-12,14-15,20,23H,4-6,13H2,1-3H3,(H,31,33). The highest BCUT2D eigenvalue weighted by molar-refractivity contribution is 7.90. The van der Waals surface area contributed by atoms with Crippen molar-refractivity contribution in [3.63, 3.8) is 0 Å². The van der Waals surface area contributed by atoms with Gasteiger partial charge in [0.05, 0.1) is 17.7 Å². The average molecular weight is 608 g/mol. The Balaban J connectivity index is 1.54. The average Bonchev–Trinajstić information content (AvgIpc) is 3.43. The third-order valence-corrected chi connectivity index (χ3v) is 8.07. The summed E-state index contributed by atoms with van der Waals surface area (Å²) in [5.74, 6) is -2.08. The number of aryl methyl sites for hydroxylation is 1. The molecule has 0 saturated carbocycles. The van der Waals surface area contributed by atoms with Crippen LogP contribution in [-0.4, -0.2) is 77.4 Å². The molecule has 3 heterocycles. The van der Waals surface area contributed by atoms with E-state index in [9.17, 15) is 26.4 Å². The number of fused-ring (bicyclic) bond motifs is 1. The number of carbonyl (C=O) groups excluding carboxylic acids is 1. The lowest BCUT2D eigenvalue weighted by Gasteiger charge is -2.32. The lowest BCUT2D eigenvalue weighted by atomic mass is 9.91. The summed E-state index contributed by atoms with van der Waals surface area (Å²) in [5.41, 5.74) is 4.55. The van der Waals surface area contributed by atoms with Crippen LogP contribution < -0.4 is 10.2 Å². The Morgan fingerprint density at radius 3 is 2.50 bits per heavy atom. The SMILES string of the molecule is COc1cc(N=C2NN3CCCCC(c4ccc(S(C)(=O)=O)cc4)C3N2OC(=O)C(F)(F)F)ccc1-n1cnc(C)n1. The lowest BCUT2D eigenvalue weighted by molar-refractivity contribution is -0.234. The Bertz CT molecular complexity index is 1610. The fourth-order valence-electron chi connectivity index (χ4n) is 4.98. The highest BCUT2D eigenvalue weighted by Gasteiger charge is 2.50. The molecule has 224 valence electrons. The van der Waals surface area contributed by atoms with Gasteiger partial charge in [0.2, 0.25) is 5.96 Å². The Hall–Kier alpha value is -4.18. The number of sulfone groups is 1. The predicted molar refractivity (Wildman–Crippen MR) is 144 cm³/mol. The molecular weight excluding hydrogens is 579 g/mol. The Labute approximate surface area is 239 Å². The molecule has 0 aliphatic carbocycles. The summed E-state index contributed by atoms with van der Waals surface area (Å²) >= 11 is 0. The van der Waals surface area contributed by atoms with Gasteiger partial charge in [-0.3, -0.25) is 5.43 Å². The number of hydroxylamine groups is 2. The van der Waals surface area contributed by atoms with E-state index in [2.05, 4.69) is 20.5 Å².